The van der Waals surface area contributed by atoms with Crippen LogP contribution in [0.4, 0.5) is 4.79 Å². The highest BCUT2D eigenvalue weighted by Gasteiger charge is 2.26. The maximum Gasteiger partial charge on any atom is 0.410 e. The molecule has 1 atom stereocenters. The van der Waals surface area contributed by atoms with Crippen LogP contribution in [-0.4, -0.2) is 35.7 Å². The molecule has 0 saturated carbocycles. The normalized spacial score (nSPS) is 20.7. The van der Waals surface area contributed by atoms with Gasteiger partial charge < -0.3 is 15.4 Å². The molecular weight excluding hydrogens is 206 g/mol. The molecule has 5 nitrogen and oxygen atoms in total. The van der Waals surface area contributed by atoms with E-state index in [2.05, 4.69) is 4.98 Å². The molecule has 1 aromatic heterocycles. The van der Waals surface area contributed by atoms with Crippen molar-refractivity contribution in [1.82, 2.24) is 9.88 Å². The zero-order valence-electron chi connectivity index (χ0n) is 9.00. The first-order valence-electron chi connectivity index (χ1n) is 5.31. The number of ether oxygens (including phenoxy) is 1. The predicted octanol–water partition coefficient (Wildman–Crippen LogP) is 0.609. The van der Waals surface area contributed by atoms with Gasteiger partial charge >= 0.3 is 6.09 Å². The maximum atomic E-state index is 11.5. The third-order valence-corrected chi connectivity index (χ3v) is 2.59. The van der Waals surface area contributed by atoms with Crippen LogP contribution in [0.5, 0.6) is 0 Å². The Balaban J connectivity index is 2.00. The van der Waals surface area contributed by atoms with Crippen LogP contribution >= 0.6 is 0 Å². The first-order valence-corrected chi connectivity index (χ1v) is 5.31. The van der Waals surface area contributed by atoms with E-state index in [4.69, 9.17) is 10.5 Å². The quantitative estimate of drug-likeness (QED) is 0.812. The minimum absolute atomic E-state index is 0.224. The molecule has 2 rings (SSSR count). The van der Waals surface area contributed by atoms with E-state index in [1.807, 2.05) is 18.2 Å². The van der Waals surface area contributed by atoms with Crippen molar-refractivity contribution in [3.8, 4) is 0 Å². The Bertz CT molecular complexity index is 356. The van der Waals surface area contributed by atoms with Crippen LogP contribution < -0.4 is 5.73 Å². The Kier molecular flexibility index (Phi) is 3.36. The number of nitrogens with two attached hydrogens (primary N) is 1. The lowest BCUT2D eigenvalue weighted by Crippen LogP contribution is -2.44. The van der Waals surface area contributed by atoms with Crippen LogP contribution in [-0.2, 0) is 11.3 Å². The Morgan fingerprint density at radius 3 is 3.12 bits per heavy atom. The van der Waals surface area contributed by atoms with Gasteiger partial charge in [-0.3, -0.25) is 4.98 Å². The molecule has 1 fully saturated rings. The van der Waals surface area contributed by atoms with E-state index in [9.17, 15) is 4.79 Å². The molecule has 1 unspecified atom stereocenters. The third kappa shape index (κ3) is 2.49. The zero-order chi connectivity index (χ0) is 11.4. The van der Waals surface area contributed by atoms with Gasteiger partial charge in [-0.1, -0.05) is 6.07 Å². The van der Waals surface area contributed by atoms with Gasteiger partial charge in [-0.05, 0) is 12.1 Å². The van der Waals surface area contributed by atoms with Crippen LogP contribution in [0.15, 0.2) is 24.4 Å². The molecular formula is C11H15N3O2. The molecule has 2 N–H and O–H groups in total. The molecule has 1 aliphatic heterocycles. The number of carbonyl (C=O) groups excluding carboxylic acids is 1. The number of nitrogens with zero attached hydrogens (tertiary/aromatic N) is 2. The summed E-state index contributed by atoms with van der Waals surface area (Å²) in [7, 11) is 0. The second kappa shape index (κ2) is 4.94. The Morgan fingerprint density at radius 1 is 1.56 bits per heavy atom. The molecule has 0 aromatic carbocycles. The second-order valence-electron chi connectivity index (χ2n) is 3.88. The summed E-state index contributed by atoms with van der Waals surface area (Å²) < 4.78 is 5.05. The Labute approximate surface area is 94.2 Å². The lowest BCUT2D eigenvalue weighted by molar-refractivity contribution is 0.0421. The molecule has 2 heterocycles. The summed E-state index contributed by atoms with van der Waals surface area (Å²) in [5, 5.41) is 0. The minimum Gasteiger partial charge on any atom is -0.449 e. The van der Waals surface area contributed by atoms with Crippen molar-refractivity contribution in [2.75, 3.05) is 19.7 Å². The molecule has 0 aliphatic carbocycles. The number of hydrogen-bond donors (Lipinski definition) is 1. The lowest BCUT2D eigenvalue weighted by Gasteiger charge is -2.31. The van der Waals surface area contributed by atoms with Crippen molar-refractivity contribution in [1.29, 1.82) is 0 Å². The van der Waals surface area contributed by atoms with Crippen molar-refractivity contribution in [2.45, 2.75) is 6.54 Å². The number of cyclic esters (lactones) is 1. The van der Waals surface area contributed by atoms with E-state index in [-0.39, 0.29) is 12.0 Å². The Hall–Kier alpha value is -1.62. The van der Waals surface area contributed by atoms with Crippen LogP contribution in [0, 0.1) is 5.92 Å². The fraction of sp³-hybridized carbons (Fsp3) is 0.455. The molecule has 16 heavy (non-hydrogen) atoms. The second-order valence-corrected chi connectivity index (χ2v) is 3.88. The van der Waals surface area contributed by atoms with Gasteiger partial charge in [-0.25, -0.2) is 4.79 Å². The van der Waals surface area contributed by atoms with E-state index < -0.39 is 0 Å². The molecule has 1 saturated heterocycles. The highest BCUT2D eigenvalue weighted by Crippen LogP contribution is 2.12. The van der Waals surface area contributed by atoms with E-state index in [0.717, 1.165) is 5.69 Å². The largest absolute Gasteiger partial charge is 0.449 e. The smallest absolute Gasteiger partial charge is 0.410 e. The number of amides is 1. The number of rotatable bonds is 3. The molecule has 1 aromatic rings. The monoisotopic (exact) mass is 221 g/mol. The molecule has 86 valence electrons. The number of hydrogen-bond acceptors (Lipinski definition) is 4. The van der Waals surface area contributed by atoms with Crippen LogP contribution in [0.1, 0.15) is 5.69 Å². The summed E-state index contributed by atoms with van der Waals surface area (Å²) in [5.41, 5.74) is 6.43. The fourth-order valence-electron chi connectivity index (χ4n) is 1.68. The van der Waals surface area contributed by atoms with Crippen LogP contribution in [0.2, 0.25) is 0 Å². The average Bonchev–Trinajstić information content (AvgIpc) is 2.33. The number of carbonyl (C=O) groups is 1. The van der Waals surface area contributed by atoms with Crippen molar-refractivity contribution < 1.29 is 9.53 Å². The van der Waals surface area contributed by atoms with E-state index in [0.29, 0.717) is 26.2 Å². The standard InChI is InChI=1S/C11H15N3O2/c12-5-9-6-14(11(15)16-8-9)7-10-3-1-2-4-13-10/h1-4,9H,5-8,12H2. The van der Waals surface area contributed by atoms with Gasteiger partial charge in [0, 0.05) is 25.2 Å². The van der Waals surface area contributed by atoms with Gasteiger partial charge in [0.25, 0.3) is 0 Å². The number of aromatic nitrogens is 1. The summed E-state index contributed by atoms with van der Waals surface area (Å²) in [6.07, 6.45) is 1.43. The first-order chi connectivity index (χ1) is 7.79. The molecule has 0 radical (unpaired) electrons. The fourth-order valence-corrected chi connectivity index (χ4v) is 1.68. The number of pyridine rings is 1. The van der Waals surface area contributed by atoms with Crippen LogP contribution in [0.3, 0.4) is 0 Å². The maximum absolute atomic E-state index is 11.5. The molecule has 1 amide bonds. The lowest BCUT2D eigenvalue weighted by atomic mass is 10.1. The summed E-state index contributed by atoms with van der Waals surface area (Å²) >= 11 is 0. The van der Waals surface area contributed by atoms with Crippen molar-refractivity contribution in [3.63, 3.8) is 0 Å². The average molecular weight is 221 g/mol. The highest BCUT2D eigenvalue weighted by molar-refractivity contribution is 5.68. The van der Waals surface area contributed by atoms with Gasteiger partial charge in [0.05, 0.1) is 18.8 Å². The molecule has 0 bridgehead atoms. The van der Waals surface area contributed by atoms with Gasteiger partial charge in [0.2, 0.25) is 0 Å². The van der Waals surface area contributed by atoms with Crippen LogP contribution in [0.25, 0.3) is 0 Å². The minimum atomic E-state index is -0.282. The third-order valence-electron chi connectivity index (χ3n) is 2.59. The topological polar surface area (TPSA) is 68.5 Å². The SMILES string of the molecule is NCC1COC(=O)N(Cc2ccccn2)C1. The highest BCUT2D eigenvalue weighted by atomic mass is 16.6. The van der Waals surface area contributed by atoms with Gasteiger partial charge in [-0.2, -0.15) is 0 Å². The Morgan fingerprint density at radius 2 is 2.44 bits per heavy atom. The summed E-state index contributed by atoms with van der Waals surface area (Å²) in [4.78, 5) is 17.3. The van der Waals surface area contributed by atoms with E-state index in [1.54, 1.807) is 11.1 Å². The van der Waals surface area contributed by atoms with Crippen molar-refractivity contribution >= 4 is 6.09 Å². The van der Waals surface area contributed by atoms with Crippen molar-refractivity contribution in [3.05, 3.63) is 30.1 Å². The predicted molar refractivity (Wildman–Crippen MR) is 58.5 cm³/mol. The molecule has 5 heteroatoms. The zero-order valence-corrected chi connectivity index (χ0v) is 9.00. The summed E-state index contributed by atoms with van der Waals surface area (Å²) in [6.45, 7) is 2.09. The van der Waals surface area contributed by atoms with Gasteiger partial charge in [-0.15, -0.1) is 0 Å². The summed E-state index contributed by atoms with van der Waals surface area (Å²) in [5.74, 6) is 0.224. The molecule has 1 aliphatic rings. The molecule has 0 spiro atoms. The van der Waals surface area contributed by atoms with E-state index >= 15 is 0 Å². The van der Waals surface area contributed by atoms with Crippen molar-refractivity contribution in [2.24, 2.45) is 11.7 Å². The summed E-state index contributed by atoms with van der Waals surface area (Å²) in [6, 6.07) is 5.64. The van der Waals surface area contributed by atoms with E-state index in [1.165, 1.54) is 0 Å². The van der Waals surface area contributed by atoms with Gasteiger partial charge in [0.1, 0.15) is 0 Å². The first kappa shape index (κ1) is 10.9. The van der Waals surface area contributed by atoms with Gasteiger partial charge in [0.15, 0.2) is 0 Å².